The molecule has 21 heavy (non-hydrogen) atoms. The molecule has 0 fully saturated rings. The van der Waals surface area contributed by atoms with E-state index in [-0.39, 0.29) is 0 Å². The second-order valence-corrected chi connectivity index (χ2v) is 5.13. The van der Waals surface area contributed by atoms with Gasteiger partial charge in [-0.25, -0.2) is 0 Å². The van der Waals surface area contributed by atoms with Gasteiger partial charge >= 0.3 is 6.08 Å². The third-order valence-electron chi connectivity index (χ3n) is 3.21. The number of unbranched alkanes of at least 4 members (excludes halogenated alkanes) is 1. The molecule has 0 aliphatic rings. The van der Waals surface area contributed by atoms with E-state index < -0.39 is 0 Å². The molecule has 1 aromatic carbocycles. The van der Waals surface area contributed by atoms with E-state index >= 15 is 0 Å². The van der Waals surface area contributed by atoms with Crippen molar-refractivity contribution in [1.82, 2.24) is 10.3 Å². The molecule has 2 aromatic rings. The van der Waals surface area contributed by atoms with Crippen molar-refractivity contribution in [3.8, 4) is 11.8 Å². The summed E-state index contributed by atoms with van der Waals surface area (Å²) in [6.45, 7) is 6.01. The molecule has 0 amide bonds. The van der Waals surface area contributed by atoms with Crippen molar-refractivity contribution in [1.29, 1.82) is 0 Å². The van der Waals surface area contributed by atoms with Gasteiger partial charge in [0.1, 0.15) is 12.0 Å². The summed E-state index contributed by atoms with van der Waals surface area (Å²) in [5.41, 5.74) is 2.19. The maximum Gasteiger partial charge on any atom is 0.399 e. The van der Waals surface area contributed by atoms with E-state index in [1.165, 1.54) is 18.4 Å². The zero-order valence-electron chi connectivity index (χ0n) is 12.9. The Bertz CT molecular complexity index is 520. The Kier molecular flexibility index (Phi) is 6.28. The number of benzene rings is 1. The van der Waals surface area contributed by atoms with Crippen LogP contribution in [0.4, 0.5) is 0 Å². The van der Waals surface area contributed by atoms with Crippen LogP contribution in [0.15, 0.2) is 34.9 Å². The molecule has 1 aromatic heterocycles. The highest BCUT2D eigenvalue weighted by Gasteiger charge is 2.06. The van der Waals surface area contributed by atoms with E-state index in [0.29, 0.717) is 12.6 Å². The minimum absolute atomic E-state index is 0.296. The minimum Gasteiger partial charge on any atom is -0.417 e. The van der Waals surface area contributed by atoms with E-state index in [2.05, 4.69) is 36.3 Å². The van der Waals surface area contributed by atoms with Crippen molar-refractivity contribution >= 4 is 0 Å². The van der Waals surface area contributed by atoms with Gasteiger partial charge in [-0.2, -0.15) is 4.98 Å². The molecule has 1 N–H and O–H groups in total. The number of rotatable bonds is 9. The Balaban J connectivity index is 1.86. The summed E-state index contributed by atoms with van der Waals surface area (Å²) in [6, 6.07) is 8.11. The van der Waals surface area contributed by atoms with Crippen molar-refractivity contribution in [2.45, 2.75) is 46.1 Å². The Morgan fingerprint density at radius 2 is 1.95 bits per heavy atom. The normalized spacial score (nSPS) is 10.8. The van der Waals surface area contributed by atoms with Crippen LogP contribution >= 0.6 is 0 Å². The van der Waals surface area contributed by atoms with Gasteiger partial charge in [-0.05, 0) is 43.5 Å². The first-order chi connectivity index (χ1) is 10.3. The number of ether oxygens (including phenoxy) is 1. The van der Waals surface area contributed by atoms with Gasteiger partial charge in [0.2, 0.25) is 0 Å². The lowest BCUT2D eigenvalue weighted by Gasteiger charge is -2.03. The van der Waals surface area contributed by atoms with Gasteiger partial charge in [-0.3, -0.25) is 0 Å². The maximum absolute atomic E-state index is 5.62. The van der Waals surface area contributed by atoms with Gasteiger partial charge in [-0.15, -0.1) is 0 Å². The highest BCUT2D eigenvalue weighted by molar-refractivity contribution is 5.29. The summed E-state index contributed by atoms with van der Waals surface area (Å²) < 4.78 is 10.9. The quantitative estimate of drug-likeness (QED) is 0.698. The molecule has 0 bridgehead atoms. The standard InChI is InChI=1S/C17H24N2O2/c1-3-5-6-14-7-9-16(10-8-14)21-17-19-15(13-20-17)12-18-11-4-2/h7-10,13,18H,3-6,11-12H2,1-2H3. The molecule has 0 saturated heterocycles. The number of aromatic nitrogens is 1. The van der Waals surface area contributed by atoms with Crippen molar-refractivity contribution in [2.24, 2.45) is 0 Å². The van der Waals surface area contributed by atoms with E-state index in [4.69, 9.17) is 9.15 Å². The predicted molar refractivity (Wildman–Crippen MR) is 83.6 cm³/mol. The van der Waals surface area contributed by atoms with Gasteiger partial charge in [0.25, 0.3) is 0 Å². The number of aryl methyl sites for hydroxylation is 1. The molecule has 0 saturated carbocycles. The van der Waals surface area contributed by atoms with Crippen molar-refractivity contribution < 1.29 is 9.15 Å². The number of hydrogen-bond acceptors (Lipinski definition) is 4. The second kappa shape index (κ2) is 8.47. The third-order valence-corrected chi connectivity index (χ3v) is 3.21. The Labute approximate surface area is 126 Å². The Morgan fingerprint density at radius 3 is 2.67 bits per heavy atom. The fourth-order valence-electron chi connectivity index (χ4n) is 2.02. The first-order valence-corrected chi connectivity index (χ1v) is 7.73. The molecule has 2 rings (SSSR count). The summed E-state index contributed by atoms with van der Waals surface area (Å²) in [6.07, 6.45) is 6.57. The predicted octanol–water partition coefficient (Wildman–Crippen LogP) is 4.31. The monoisotopic (exact) mass is 288 g/mol. The zero-order valence-corrected chi connectivity index (χ0v) is 12.9. The first kappa shape index (κ1) is 15.6. The van der Waals surface area contributed by atoms with Crippen LogP contribution in [0.25, 0.3) is 0 Å². The highest BCUT2D eigenvalue weighted by atomic mass is 16.6. The lowest BCUT2D eigenvalue weighted by molar-refractivity contribution is 0.330. The fourth-order valence-corrected chi connectivity index (χ4v) is 2.02. The van der Waals surface area contributed by atoms with Crippen LogP contribution in [-0.2, 0) is 13.0 Å². The molecule has 0 unspecified atom stereocenters. The van der Waals surface area contributed by atoms with E-state index in [0.717, 1.165) is 30.8 Å². The van der Waals surface area contributed by atoms with Crippen LogP contribution in [-0.4, -0.2) is 11.5 Å². The van der Waals surface area contributed by atoms with Crippen LogP contribution in [0, 0.1) is 0 Å². The summed E-state index contributed by atoms with van der Waals surface area (Å²) in [5.74, 6) is 0.755. The van der Waals surface area contributed by atoms with Gasteiger partial charge < -0.3 is 14.5 Å². The lowest BCUT2D eigenvalue weighted by atomic mass is 10.1. The van der Waals surface area contributed by atoms with E-state index in [9.17, 15) is 0 Å². The van der Waals surface area contributed by atoms with Crippen molar-refractivity contribution in [3.05, 3.63) is 41.8 Å². The van der Waals surface area contributed by atoms with Gasteiger partial charge in [0.05, 0.1) is 5.69 Å². The molecule has 1 heterocycles. The SMILES string of the molecule is CCCCc1ccc(Oc2nc(CNCCC)co2)cc1. The molecule has 0 radical (unpaired) electrons. The molecule has 0 atom stereocenters. The van der Waals surface area contributed by atoms with E-state index in [1.54, 1.807) is 6.26 Å². The average molecular weight is 288 g/mol. The molecule has 0 spiro atoms. The Morgan fingerprint density at radius 1 is 1.14 bits per heavy atom. The number of hydrogen-bond donors (Lipinski definition) is 1. The van der Waals surface area contributed by atoms with Gasteiger partial charge in [0, 0.05) is 6.54 Å². The largest absolute Gasteiger partial charge is 0.417 e. The summed E-state index contributed by atoms with van der Waals surface area (Å²) in [4.78, 5) is 4.30. The van der Waals surface area contributed by atoms with Crippen molar-refractivity contribution in [2.75, 3.05) is 6.54 Å². The molecular weight excluding hydrogens is 264 g/mol. The number of nitrogens with zero attached hydrogens (tertiary/aromatic N) is 1. The average Bonchev–Trinajstić information content (AvgIpc) is 2.94. The fraction of sp³-hybridized carbons (Fsp3) is 0.471. The molecule has 114 valence electrons. The van der Waals surface area contributed by atoms with Crippen molar-refractivity contribution in [3.63, 3.8) is 0 Å². The smallest absolute Gasteiger partial charge is 0.399 e. The van der Waals surface area contributed by atoms with Crippen LogP contribution in [0.3, 0.4) is 0 Å². The molecular formula is C17H24N2O2. The molecule has 4 heteroatoms. The van der Waals surface area contributed by atoms with Gasteiger partial charge in [-0.1, -0.05) is 32.4 Å². The topological polar surface area (TPSA) is 47.3 Å². The number of nitrogens with one attached hydrogen (secondary N) is 1. The van der Waals surface area contributed by atoms with Crippen LogP contribution in [0.2, 0.25) is 0 Å². The number of oxazole rings is 1. The Hall–Kier alpha value is -1.81. The molecule has 0 aliphatic carbocycles. The summed E-state index contributed by atoms with van der Waals surface area (Å²) in [5, 5.41) is 3.28. The highest BCUT2D eigenvalue weighted by Crippen LogP contribution is 2.21. The van der Waals surface area contributed by atoms with Crippen LogP contribution in [0.1, 0.15) is 44.4 Å². The second-order valence-electron chi connectivity index (χ2n) is 5.13. The first-order valence-electron chi connectivity index (χ1n) is 7.73. The summed E-state index contributed by atoms with van der Waals surface area (Å²) in [7, 11) is 0. The third kappa shape index (κ3) is 5.23. The summed E-state index contributed by atoms with van der Waals surface area (Å²) >= 11 is 0. The minimum atomic E-state index is 0.296. The maximum atomic E-state index is 5.62. The lowest BCUT2D eigenvalue weighted by Crippen LogP contribution is -2.13. The van der Waals surface area contributed by atoms with Crippen LogP contribution < -0.4 is 10.1 Å². The van der Waals surface area contributed by atoms with Gasteiger partial charge in [0.15, 0.2) is 0 Å². The molecule has 0 aliphatic heterocycles. The molecule has 4 nitrogen and oxygen atoms in total. The van der Waals surface area contributed by atoms with Crippen LogP contribution in [0.5, 0.6) is 11.8 Å². The zero-order chi connectivity index (χ0) is 14.9. The van der Waals surface area contributed by atoms with E-state index in [1.807, 2.05) is 12.1 Å².